The molecule has 1 fully saturated rings. The van der Waals surface area contributed by atoms with Crippen LogP contribution in [0.4, 0.5) is 0 Å². The predicted molar refractivity (Wildman–Crippen MR) is 134 cm³/mol. The van der Waals surface area contributed by atoms with E-state index < -0.39 is 28.0 Å². The molecule has 2 amide bonds. The molecule has 1 aromatic heterocycles. The Morgan fingerprint density at radius 1 is 1.08 bits per heavy atom. The second-order valence-corrected chi connectivity index (χ2v) is 11.1. The number of amides is 2. The van der Waals surface area contributed by atoms with Crippen molar-refractivity contribution in [3.05, 3.63) is 72.6 Å². The molecule has 0 aliphatic carbocycles. The van der Waals surface area contributed by atoms with Gasteiger partial charge in [-0.15, -0.1) is 0 Å². The van der Waals surface area contributed by atoms with Crippen LogP contribution in [-0.2, 0) is 26.2 Å². The second kappa shape index (κ2) is 10.6. The lowest BCUT2D eigenvalue weighted by atomic mass is 10.0. The number of hydrogen-bond donors (Lipinski definition) is 1. The molecule has 0 saturated carbocycles. The summed E-state index contributed by atoms with van der Waals surface area (Å²) in [5.74, 6) is -0.414. The molecule has 1 aliphatic heterocycles. The highest BCUT2D eigenvalue weighted by Crippen LogP contribution is 2.25. The lowest BCUT2D eigenvalue weighted by Gasteiger charge is -2.44. The average molecular weight is 511 g/mol. The molecule has 0 bridgehead atoms. The number of oxazole rings is 1. The molecule has 4 rings (SSSR count). The number of piperazine rings is 1. The molecular formula is C26H30N4O5S. The lowest BCUT2D eigenvalue weighted by Crippen LogP contribution is -2.65. The molecule has 10 heteroatoms. The summed E-state index contributed by atoms with van der Waals surface area (Å²) in [7, 11) is -3.82. The van der Waals surface area contributed by atoms with Crippen molar-refractivity contribution in [1.29, 1.82) is 0 Å². The largest absolute Gasteiger partial charge is 0.445 e. The van der Waals surface area contributed by atoms with E-state index >= 15 is 0 Å². The van der Waals surface area contributed by atoms with E-state index in [1.54, 1.807) is 45.2 Å². The molecule has 3 aromatic rings. The van der Waals surface area contributed by atoms with Gasteiger partial charge in [0, 0.05) is 37.2 Å². The number of nitrogens with zero attached hydrogens (tertiary/aromatic N) is 3. The van der Waals surface area contributed by atoms with Gasteiger partial charge in [0.25, 0.3) is 0 Å². The van der Waals surface area contributed by atoms with Gasteiger partial charge in [-0.2, -0.15) is 4.31 Å². The van der Waals surface area contributed by atoms with Crippen LogP contribution in [0.25, 0.3) is 11.5 Å². The Balaban J connectivity index is 1.53. The zero-order chi connectivity index (χ0) is 25.9. The third-order valence-corrected chi connectivity index (χ3v) is 8.03. The second-order valence-electron chi connectivity index (χ2n) is 9.15. The summed E-state index contributed by atoms with van der Waals surface area (Å²) in [6.07, 6.45) is 3.07. The molecule has 2 atom stereocenters. The van der Waals surface area contributed by atoms with E-state index in [4.69, 9.17) is 4.42 Å². The Hall–Kier alpha value is -3.50. The molecule has 1 aliphatic rings. The van der Waals surface area contributed by atoms with E-state index in [0.717, 1.165) is 11.1 Å². The van der Waals surface area contributed by atoms with Crippen molar-refractivity contribution >= 4 is 21.8 Å². The van der Waals surface area contributed by atoms with E-state index in [9.17, 15) is 18.0 Å². The summed E-state index contributed by atoms with van der Waals surface area (Å²) in [6.45, 7) is 5.54. The fraction of sp³-hybridized carbons (Fsp3) is 0.346. The van der Waals surface area contributed by atoms with Gasteiger partial charge >= 0.3 is 0 Å². The maximum absolute atomic E-state index is 13.4. The van der Waals surface area contributed by atoms with E-state index in [1.165, 1.54) is 27.6 Å². The fourth-order valence-corrected chi connectivity index (χ4v) is 5.85. The highest BCUT2D eigenvalue weighted by molar-refractivity contribution is 7.89. The van der Waals surface area contributed by atoms with Gasteiger partial charge in [0.05, 0.1) is 11.1 Å². The van der Waals surface area contributed by atoms with Gasteiger partial charge in [-0.3, -0.25) is 9.59 Å². The number of benzene rings is 2. The summed E-state index contributed by atoms with van der Waals surface area (Å²) in [5, 5.41) is 2.89. The van der Waals surface area contributed by atoms with Crippen molar-refractivity contribution in [2.45, 2.75) is 44.3 Å². The number of sulfonamides is 1. The number of nitrogens with one attached hydrogen (secondary N) is 1. The highest BCUT2D eigenvalue weighted by atomic mass is 32.2. The van der Waals surface area contributed by atoms with E-state index in [1.807, 2.05) is 24.3 Å². The zero-order valence-corrected chi connectivity index (χ0v) is 21.3. The SMILES string of the molecule is CC(C)C(=O)N1[C@H](C)CN(S(=O)(=O)c2ccccc2)C[C@@H]1C(=O)NCc1ccc(-c2ncco2)cc1. The maximum atomic E-state index is 13.4. The van der Waals surface area contributed by atoms with Crippen molar-refractivity contribution in [2.24, 2.45) is 5.92 Å². The van der Waals surface area contributed by atoms with Crippen LogP contribution in [0, 0.1) is 5.92 Å². The Kier molecular flexibility index (Phi) is 7.56. The monoisotopic (exact) mass is 510 g/mol. The lowest BCUT2D eigenvalue weighted by molar-refractivity contribution is -0.148. The van der Waals surface area contributed by atoms with Gasteiger partial charge < -0.3 is 14.6 Å². The molecule has 190 valence electrons. The zero-order valence-electron chi connectivity index (χ0n) is 20.5. The molecule has 0 radical (unpaired) electrons. The van der Waals surface area contributed by atoms with E-state index in [2.05, 4.69) is 10.3 Å². The Morgan fingerprint density at radius 3 is 2.39 bits per heavy atom. The van der Waals surface area contributed by atoms with Gasteiger partial charge in [-0.1, -0.05) is 44.2 Å². The van der Waals surface area contributed by atoms with Crippen molar-refractivity contribution in [1.82, 2.24) is 19.5 Å². The third-order valence-electron chi connectivity index (χ3n) is 6.19. The first kappa shape index (κ1) is 25.6. The number of carbonyl (C=O) groups excluding carboxylic acids is 2. The first-order valence-electron chi connectivity index (χ1n) is 11.8. The van der Waals surface area contributed by atoms with Crippen LogP contribution in [0.1, 0.15) is 26.3 Å². The van der Waals surface area contributed by atoms with E-state index in [-0.39, 0.29) is 36.4 Å². The van der Waals surface area contributed by atoms with Crippen LogP contribution in [0.5, 0.6) is 0 Å². The molecule has 1 N–H and O–H groups in total. The maximum Gasteiger partial charge on any atom is 0.244 e. The van der Waals surface area contributed by atoms with Crippen molar-refractivity contribution < 1.29 is 22.4 Å². The third kappa shape index (κ3) is 5.34. The Bertz CT molecular complexity index is 1290. The Labute approximate surface area is 211 Å². The van der Waals surface area contributed by atoms with Crippen molar-refractivity contribution in [3.63, 3.8) is 0 Å². The summed E-state index contributed by atoms with van der Waals surface area (Å²) >= 11 is 0. The molecule has 36 heavy (non-hydrogen) atoms. The highest BCUT2D eigenvalue weighted by Gasteiger charge is 2.43. The number of carbonyl (C=O) groups is 2. The minimum absolute atomic E-state index is 0.113. The molecule has 0 spiro atoms. The summed E-state index contributed by atoms with van der Waals surface area (Å²) < 4.78 is 33.2. The van der Waals surface area contributed by atoms with Gasteiger partial charge in [0.2, 0.25) is 27.7 Å². The number of hydrogen-bond acceptors (Lipinski definition) is 6. The first-order valence-corrected chi connectivity index (χ1v) is 13.3. The minimum atomic E-state index is -3.82. The molecule has 2 aromatic carbocycles. The molecular weight excluding hydrogens is 480 g/mol. The molecule has 9 nitrogen and oxygen atoms in total. The molecule has 1 saturated heterocycles. The topological polar surface area (TPSA) is 113 Å². The first-order chi connectivity index (χ1) is 17.2. The van der Waals surface area contributed by atoms with Crippen LogP contribution in [0.3, 0.4) is 0 Å². The Morgan fingerprint density at radius 2 is 1.78 bits per heavy atom. The van der Waals surface area contributed by atoms with E-state index in [0.29, 0.717) is 5.89 Å². The van der Waals surface area contributed by atoms with Crippen LogP contribution in [0.15, 0.2) is 76.4 Å². The van der Waals surface area contributed by atoms with Gasteiger partial charge in [0.15, 0.2) is 0 Å². The summed E-state index contributed by atoms with van der Waals surface area (Å²) in [4.78, 5) is 32.2. The number of aromatic nitrogens is 1. The van der Waals surface area contributed by atoms with Gasteiger partial charge in [-0.05, 0) is 36.8 Å². The smallest absolute Gasteiger partial charge is 0.244 e. The summed E-state index contributed by atoms with van der Waals surface area (Å²) in [5.41, 5.74) is 1.66. The van der Waals surface area contributed by atoms with Gasteiger partial charge in [-0.25, -0.2) is 13.4 Å². The van der Waals surface area contributed by atoms with Crippen LogP contribution in [0.2, 0.25) is 0 Å². The van der Waals surface area contributed by atoms with Crippen LogP contribution >= 0.6 is 0 Å². The normalized spacial score (nSPS) is 18.8. The standard InChI is InChI=1S/C26H30N4O5S/c1-18(2)26(32)30-19(3)16-29(36(33,34)22-7-5-4-6-8-22)17-23(30)24(31)28-15-20-9-11-21(12-10-20)25-27-13-14-35-25/h4-14,18-19,23H,15-17H2,1-3H3,(H,28,31)/t19-,23-/m1/s1. The quantitative estimate of drug-likeness (QED) is 0.523. The van der Waals surface area contributed by atoms with Crippen molar-refractivity contribution in [2.75, 3.05) is 13.1 Å². The fourth-order valence-electron chi connectivity index (χ4n) is 4.30. The predicted octanol–water partition coefficient (Wildman–Crippen LogP) is 2.90. The number of rotatable bonds is 7. The summed E-state index contributed by atoms with van der Waals surface area (Å²) in [6, 6.07) is 14.1. The molecule has 0 unspecified atom stereocenters. The van der Waals surface area contributed by atoms with Crippen LogP contribution < -0.4 is 5.32 Å². The van der Waals surface area contributed by atoms with Gasteiger partial charge in [0.1, 0.15) is 12.3 Å². The van der Waals surface area contributed by atoms with Crippen LogP contribution in [-0.4, -0.2) is 59.6 Å². The molecule has 2 heterocycles. The average Bonchev–Trinajstić information content (AvgIpc) is 3.42. The minimum Gasteiger partial charge on any atom is -0.445 e. The van der Waals surface area contributed by atoms with Crippen molar-refractivity contribution in [3.8, 4) is 11.5 Å².